The van der Waals surface area contributed by atoms with Gasteiger partial charge in [0.25, 0.3) is 0 Å². The van der Waals surface area contributed by atoms with E-state index in [1.807, 2.05) is 0 Å². The van der Waals surface area contributed by atoms with E-state index in [-0.39, 0.29) is 0 Å². The highest BCUT2D eigenvalue weighted by molar-refractivity contribution is 7.80. The highest BCUT2D eigenvalue weighted by atomic mass is 32.1. The first kappa shape index (κ1) is 25.9. The molecule has 1 heteroatoms. The van der Waals surface area contributed by atoms with Gasteiger partial charge in [0.1, 0.15) is 0 Å². The summed E-state index contributed by atoms with van der Waals surface area (Å²) < 4.78 is 0. The molecule has 0 aliphatic heterocycles. The van der Waals surface area contributed by atoms with Crippen LogP contribution in [0, 0.1) is 6.92 Å². The Morgan fingerprint density at radius 1 is 0.425 bits per heavy atom. The Morgan fingerprint density at radius 2 is 0.850 bits per heavy atom. The third-order valence-corrected chi connectivity index (χ3v) is 8.52. The van der Waals surface area contributed by atoms with Crippen LogP contribution < -0.4 is 0 Å². The van der Waals surface area contributed by atoms with Gasteiger partial charge in [-0.2, -0.15) is 0 Å². The van der Waals surface area contributed by atoms with Crippen molar-refractivity contribution in [3.63, 3.8) is 0 Å². The fraction of sp³-hybridized carbons (Fsp3) is 0.0769. The van der Waals surface area contributed by atoms with Crippen molar-refractivity contribution >= 4 is 12.6 Å². The van der Waals surface area contributed by atoms with Gasteiger partial charge in [-0.15, -0.1) is 12.6 Å². The zero-order chi connectivity index (χ0) is 27.5. The first-order valence-electron chi connectivity index (χ1n) is 13.8. The minimum atomic E-state index is -0.391. The van der Waals surface area contributed by atoms with Gasteiger partial charge in [-0.05, 0) is 87.7 Å². The first-order chi connectivity index (χ1) is 19.5. The summed E-state index contributed by atoms with van der Waals surface area (Å²) in [6.07, 6.45) is 0. The van der Waals surface area contributed by atoms with Crippen molar-refractivity contribution in [3.05, 3.63) is 174 Å². The van der Waals surface area contributed by atoms with Crippen molar-refractivity contribution in [2.75, 3.05) is 0 Å². The van der Waals surface area contributed by atoms with Crippen LogP contribution in [-0.4, -0.2) is 0 Å². The van der Waals surface area contributed by atoms with E-state index in [9.17, 15) is 0 Å². The van der Waals surface area contributed by atoms with Crippen molar-refractivity contribution in [1.82, 2.24) is 0 Å². The van der Waals surface area contributed by atoms with Crippen LogP contribution in [-0.2, 0) is 5.41 Å². The molecule has 1 atom stereocenters. The predicted octanol–water partition coefficient (Wildman–Crippen LogP) is 10.6. The number of aryl methyl sites for hydroxylation is 1. The quantitative estimate of drug-likeness (QED) is 0.160. The van der Waals surface area contributed by atoms with E-state index in [2.05, 4.69) is 166 Å². The number of benzene rings is 6. The SMILES string of the molecule is Cc1ccc(C(C)(c2ccc(-c3ccccc3)cc2)c2ccc(S)c(-c3ccccc3)c2)cc1-c1ccccc1. The number of hydrogen-bond acceptors (Lipinski definition) is 1. The Labute approximate surface area is 243 Å². The van der Waals surface area contributed by atoms with E-state index in [1.54, 1.807) is 0 Å². The lowest BCUT2D eigenvalue weighted by Crippen LogP contribution is -2.25. The topological polar surface area (TPSA) is 0 Å². The van der Waals surface area contributed by atoms with Crippen LogP contribution in [0.25, 0.3) is 33.4 Å². The number of thiol groups is 1. The fourth-order valence-corrected chi connectivity index (χ4v) is 5.95. The average molecular weight is 533 g/mol. The predicted molar refractivity (Wildman–Crippen MR) is 173 cm³/mol. The molecule has 0 aliphatic carbocycles. The minimum Gasteiger partial charge on any atom is -0.143 e. The van der Waals surface area contributed by atoms with Crippen LogP contribution in [0.2, 0.25) is 0 Å². The molecule has 0 nitrogen and oxygen atoms in total. The van der Waals surface area contributed by atoms with Crippen LogP contribution in [0.1, 0.15) is 29.2 Å². The van der Waals surface area contributed by atoms with E-state index in [0.717, 1.165) is 10.5 Å². The van der Waals surface area contributed by atoms with Crippen molar-refractivity contribution in [2.24, 2.45) is 0 Å². The summed E-state index contributed by atoms with van der Waals surface area (Å²) >= 11 is 4.86. The van der Waals surface area contributed by atoms with E-state index in [0.29, 0.717) is 0 Å². The lowest BCUT2D eigenvalue weighted by atomic mass is 9.69. The second-order valence-corrected chi connectivity index (χ2v) is 11.0. The molecule has 0 heterocycles. The molecule has 40 heavy (non-hydrogen) atoms. The van der Waals surface area contributed by atoms with Crippen LogP contribution in [0.15, 0.2) is 157 Å². The molecule has 0 aromatic heterocycles. The summed E-state index contributed by atoms with van der Waals surface area (Å²) in [4.78, 5) is 0.977. The maximum atomic E-state index is 4.86. The molecular weight excluding hydrogens is 500 g/mol. The van der Waals surface area contributed by atoms with Gasteiger partial charge in [0, 0.05) is 10.3 Å². The van der Waals surface area contributed by atoms with Gasteiger partial charge in [-0.1, -0.05) is 133 Å². The van der Waals surface area contributed by atoms with Crippen LogP contribution >= 0.6 is 12.6 Å². The number of rotatable bonds is 6. The highest BCUT2D eigenvalue weighted by Gasteiger charge is 2.32. The van der Waals surface area contributed by atoms with Crippen molar-refractivity contribution in [2.45, 2.75) is 24.2 Å². The summed E-state index contributed by atoms with van der Waals surface area (Å²) in [5.74, 6) is 0. The third kappa shape index (κ3) is 4.90. The summed E-state index contributed by atoms with van der Waals surface area (Å²) in [7, 11) is 0. The normalized spacial score (nSPS) is 12.6. The highest BCUT2D eigenvalue weighted by Crippen LogP contribution is 2.43. The van der Waals surface area contributed by atoms with Crippen molar-refractivity contribution in [3.8, 4) is 33.4 Å². The molecule has 0 fully saturated rings. The molecule has 0 bridgehead atoms. The van der Waals surface area contributed by atoms with Gasteiger partial charge in [-0.3, -0.25) is 0 Å². The lowest BCUT2D eigenvalue weighted by Gasteiger charge is -2.33. The second kappa shape index (κ2) is 11.0. The standard InChI is InChI=1S/C39H32S/c1-28-18-21-34(26-36(28)31-14-8-4-9-15-31)39(2,33-22-19-30(20-23-33)29-12-6-3-7-13-29)35-24-25-38(40)37(27-35)32-16-10-5-11-17-32/h3-27,40H,1-2H3. The molecule has 194 valence electrons. The molecule has 0 N–H and O–H groups in total. The summed E-state index contributed by atoms with van der Waals surface area (Å²) in [5, 5.41) is 0. The first-order valence-corrected chi connectivity index (χ1v) is 14.2. The smallest absolute Gasteiger partial charge is 0.0423 e. The lowest BCUT2D eigenvalue weighted by molar-refractivity contribution is 0.692. The second-order valence-electron chi connectivity index (χ2n) is 10.6. The van der Waals surface area contributed by atoms with Crippen molar-refractivity contribution < 1.29 is 0 Å². The van der Waals surface area contributed by atoms with Crippen LogP contribution in [0.5, 0.6) is 0 Å². The van der Waals surface area contributed by atoms with E-state index in [1.165, 1.54) is 50.1 Å². The largest absolute Gasteiger partial charge is 0.143 e. The summed E-state index contributed by atoms with van der Waals surface area (Å²) in [6.45, 7) is 4.55. The van der Waals surface area contributed by atoms with Gasteiger partial charge < -0.3 is 0 Å². The molecule has 0 spiro atoms. The maximum absolute atomic E-state index is 4.86. The monoisotopic (exact) mass is 532 g/mol. The van der Waals surface area contributed by atoms with E-state index in [4.69, 9.17) is 12.6 Å². The molecular formula is C39H32S. The zero-order valence-corrected chi connectivity index (χ0v) is 23.8. The molecule has 6 rings (SSSR count). The fourth-order valence-electron chi connectivity index (χ4n) is 5.68. The third-order valence-electron chi connectivity index (χ3n) is 8.13. The molecule has 1 unspecified atom stereocenters. The Hall–Kier alpha value is -4.33. The van der Waals surface area contributed by atoms with Crippen molar-refractivity contribution in [1.29, 1.82) is 0 Å². The number of hydrogen-bond donors (Lipinski definition) is 1. The molecule has 6 aromatic rings. The van der Waals surface area contributed by atoms with Gasteiger partial charge >= 0.3 is 0 Å². The van der Waals surface area contributed by atoms with Gasteiger partial charge in [0.2, 0.25) is 0 Å². The Bertz CT molecular complexity index is 1650. The van der Waals surface area contributed by atoms with E-state index >= 15 is 0 Å². The maximum Gasteiger partial charge on any atom is 0.0423 e. The molecule has 0 amide bonds. The average Bonchev–Trinajstić information content (AvgIpc) is 3.02. The molecule has 0 saturated heterocycles. The Kier molecular flexibility index (Phi) is 7.15. The molecule has 0 radical (unpaired) electrons. The van der Waals surface area contributed by atoms with Gasteiger partial charge in [0.15, 0.2) is 0 Å². The Morgan fingerprint density at radius 3 is 1.43 bits per heavy atom. The van der Waals surface area contributed by atoms with E-state index < -0.39 is 5.41 Å². The molecule has 0 aliphatic rings. The zero-order valence-electron chi connectivity index (χ0n) is 22.9. The summed E-state index contributed by atoms with van der Waals surface area (Å²) in [6, 6.07) is 54.5. The van der Waals surface area contributed by atoms with Crippen LogP contribution in [0.3, 0.4) is 0 Å². The minimum absolute atomic E-state index is 0.391. The Balaban J connectivity index is 1.55. The van der Waals surface area contributed by atoms with Gasteiger partial charge in [-0.25, -0.2) is 0 Å². The van der Waals surface area contributed by atoms with Gasteiger partial charge in [0.05, 0.1) is 0 Å². The summed E-state index contributed by atoms with van der Waals surface area (Å²) in [5.41, 5.74) is 11.9. The van der Waals surface area contributed by atoms with Crippen LogP contribution in [0.4, 0.5) is 0 Å². The molecule has 0 saturated carbocycles. The molecule has 6 aromatic carbocycles.